The molecule has 0 fully saturated rings. The van der Waals surface area contributed by atoms with Crippen molar-refractivity contribution >= 4 is 11.6 Å². The molecule has 0 saturated heterocycles. The Hall–Kier alpha value is -2.36. The third kappa shape index (κ3) is 3.04. The van der Waals surface area contributed by atoms with Crippen molar-refractivity contribution in [1.29, 1.82) is 0 Å². The summed E-state index contributed by atoms with van der Waals surface area (Å²) < 4.78 is 0. The Morgan fingerprint density at radius 3 is 2.18 bits per heavy atom. The first-order chi connectivity index (χ1) is 7.77. The summed E-state index contributed by atoms with van der Waals surface area (Å²) in [7, 11) is 0. The molecule has 0 unspecified atom stereocenters. The van der Waals surface area contributed by atoms with Gasteiger partial charge in [-0.3, -0.25) is 9.50 Å². The maximum atomic E-state index is 11.8. The van der Waals surface area contributed by atoms with Gasteiger partial charge in [-0.1, -0.05) is 30.3 Å². The quantitative estimate of drug-likeness (QED) is 0.837. The lowest BCUT2D eigenvalue weighted by Gasteiger charge is -2.05. The zero-order valence-electron chi connectivity index (χ0n) is 8.96. The Morgan fingerprint density at radius 2 is 1.53 bits per heavy atom. The maximum absolute atomic E-state index is 11.8. The van der Waals surface area contributed by atoms with Gasteiger partial charge in [-0.15, -0.1) is 0 Å². The third-order valence-electron chi connectivity index (χ3n) is 2.18. The van der Waals surface area contributed by atoms with E-state index in [9.17, 15) is 9.90 Å². The SMILES string of the molecule is F.O=C(Nc1ccccc1)c1ccccc1O. The lowest BCUT2D eigenvalue weighted by atomic mass is 10.2. The minimum atomic E-state index is -0.315. The van der Waals surface area contributed by atoms with Gasteiger partial charge in [-0.05, 0) is 24.3 Å². The van der Waals surface area contributed by atoms with Crippen LogP contribution in [0, 0.1) is 0 Å². The van der Waals surface area contributed by atoms with Crippen LogP contribution in [0.4, 0.5) is 10.4 Å². The first-order valence-corrected chi connectivity index (χ1v) is 4.92. The van der Waals surface area contributed by atoms with Crippen molar-refractivity contribution in [3.63, 3.8) is 0 Å². The van der Waals surface area contributed by atoms with Gasteiger partial charge in [0.15, 0.2) is 0 Å². The summed E-state index contributed by atoms with van der Waals surface area (Å²) in [5.74, 6) is -0.333. The summed E-state index contributed by atoms with van der Waals surface area (Å²) in [6, 6.07) is 15.6. The van der Waals surface area contributed by atoms with Crippen molar-refractivity contribution in [1.82, 2.24) is 0 Å². The maximum Gasteiger partial charge on any atom is 0.259 e. The number of amides is 1. The van der Waals surface area contributed by atoms with E-state index in [1.165, 1.54) is 6.07 Å². The molecule has 0 aliphatic carbocycles. The average molecular weight is 233 g/mol. The molecule has 3 nitrogen and oxygen atoms in total. The number of phenols is 1. The van der Waals surface area contributed by atoms with Gasteiger partial charge in [0.25, 0.3) is 5.91 Å². The van der Waals surface area contributed by atoms with E-state index < -0.39 is 0 Å². The number of benzene rings is 2. The summed E-state index contributed by atoms with van der Waals surface area (Å²) in [4.78, 5) is 11.8. The molecule has 4 heteroatoms. The molecule has 2 aromatic carbocycles. The second kappa shape index (κ2) is 5.65. The molecule has 1 amide bonds. The topological polar surface area (TPSA) is 49.3 Å². The molecule has 2 N–H and O–H groups in total. The zero-order chi connectivity index (χ0) is 11.4. The summed E-state index contributed by atoms with van der Waals surface area (Å²) >= 11 is 0. The van der Waals surface area contributed by atoms with Gasteiger partial charge in [0.1, 0.15) is 5.75 Å². The minimum absolute atomic E-state index is 0. The number of hydrogen-bond donors (Lipinski definition) is 2. The first-order valence-electron chi connectivity index (χ1n) is 4.92. The number of nitrogens with one attached hydrogen (secondary N) is 1. The highest BCUT2D eigenvalue weighted by Crippen LogP contribution is 2.17. The van der Waals surface area contributed by atoms with Gasteiger partial charge in [-0.25, -0.2) is 0 Å². The number of phenolic OH excluding ortho intramolecular Hbond substituents is 1. The standard InChI is InChI=1S/C13H11NO2.FH/c15-12-9-5-4-8-11(12)13(16)14-10-6-2-1-3-7-10;/h1-9,15H,(H,14,16);1H. The summed E-state index contributed by atoms with van der Waals surface area (Å²) in [5, 5.41) is 12.2. The number of carbonyl (C=O) groups is 1. The Balaban J connectivity index is 0.00000144. The van der Waals surface area contributed by atoms with Gasteiger partial charge < -0.3 is 10.4 Å². The predicted octanol–water partition coefficient (Wildman–Crippen LogP) is 2.80. The molecular formula is C13H12FNO2. The van der Waals surface area contributed by atoms with Gasteiger partial charge in [0.05, 0.1) is 5.56 Å². The van der Waals surface area contributed by atoms with Gasteiger partial charge in [0, 0.05) is 5.69 Å². The van der Waals surface area contributed by atoms with Crippen LogP contribution in [-0.4, -0.2) is 11.0 Å². The average Bonchev–Trinajstić information content (AvgIpc) is 2.31. The van der Waals surface area contributed by atoms with Crippen LogP contribution in [0.1, 0.15) is 10.4 Å². The van der Waals surface area contributed by atoms with Crippen LogP contribution in [-0.2, 0) is 0 Å². The van der Waals surface area contributed by atoms with E-state index in [1.807, 2.05) is 18.2 Å². The summed E-state index contributed by atoms with van der Waals surface area (Å²) in [5.41, 5.74) is 0.974. The van der Waals surface area contributed by atoms with Crippen LogP contribution in [0.15, 0.2) is 54.6 Å². The smallest absolute Gasteiger partial charge is 0.259 e. The fourth-order valence-electron chi connectivity index (χ4n) is 1.39. The molecule has 0 aliphatic heterocycles. The Labute approximate surface area is 98.1 Å². The van der Waals surface area contributed by atoms with Crippen LogP contribution < -0.4 is 5.32 Å². The van der Waals surface area contributed by atoms with Gasteiger partial charge in [0.2, 0.25) is 0 Å². The van der Waals surface area contributed by atoms with Gasteiger partial charge >= 0.3 is 0 Å². The number of anilines is 1. The summed E-state index contributed by atoms with van der Waals surface area (Å²) in [6.45, 7) is 0. The number of aromatic hydroxyl groups is 1. The molecule has 2 rings (SSSR count). The molecule has 0 atom stereocenters. The molecule has 0 aliphatic rings. The van der Waals surface area contributed by atoms with E-state index in [1.54, 1.807) is 30.3 Å². The van der Waals surface area contributed by atoms with Crippen LogP contribution in [0.5, 0.6) is 5.75 Å². The number of rotatable bonds is 2. The van der Waals surface area contributed by atoms with Crippen molar-refractivity contribution in [2.75, 3.05) is 5.32 Å². The molecule has 0 radical (unpaired) electrons. The van der Waals surface area contributed by atoms with Crippen molar-refractivity contribution in [2.45, 2.75) is 0 Å². The highest BCUT2D eigenvalue weighted by molar-refractivity contribution is 6.06. The van der Waals surface area contributed by atoms with E-state index >= 15 is 0 Å². The Kier molecular flexibility index (Phi) is 4.22. The molecule has 0 saturated carbocycles. The minimum Gasteiger partial charge on any atom is -0.507 e. The molecule has 88 valence electrons. The normalized spacial score (nSPS) is 9.18. The number of para-hydroxylation sites is 2. The number of hydrogen-bond acceptors (Lipinski definition) is 2. The fourth-order valence-corrected chi connectivity index (χ4v) is 1.39. The molecule has 0 aromatic heterocycles. The second-order valence-corrected chi connectivity index (χ2v) is 3.34. The lowest BCUT2D eigenvalue weighted by molar-refractivity contribution is 0.102. The zero-order valence-corrected chi connectivity index (χ0v) is 8.96. The number of halogens is 1. The molecule has 0 bridgehead atoms. The van der Waals surface area contributed by atoms with Gasteiger partial charge in [-0.2, -0.15) is 0 Å². The van der Waals surface area contributed by atoms with Crippen LogP contribution in [0.2, 0.25) is 0 Å². The van der Waals surface area contributed by atoms with Crippen molar-refractivity contribution < 1.29 is 14.6 Å². The summed E-state index contributed by atoms with van der Waals surface area (Å²) in [6.07, 6.45) is 0. The molecule has 2 aromatic rings. The van der Waals surface area contributed by atoms with Crippen LogP contribution in [0.3, 0.4) is 0 Å². The van der Waals surface area contributed by atoms with E-state index in [-0.39, 0.29) is 21.9 Å². The van der Waals surface area contributed by atoms with Crippen molar-refractivity contribution in [3.8, 4) is 5.75 Å². The van der Waals surface area contributed by atoms with E-state index in [0.717, 1.165) is 0 Å². The predicted molar refractivity (Wildman–Crippen MR) is 65.0 cm³/mol. The van der Waals surface area contributed by atoms with Crippen molar-refractivity contribution in [3.05, 3.63) is 60.2 Å². The Bertz CT molecular complexity index is 500. The number of carbonyl (C=O) groups excluding carboxylic acids is 1. The van der Waals surface area contributed by atoms with E-state index in [0.29, 0.717) is 5.69 Å². The largest absolute Gasteiger partial charge is 0.507 e. The molecule has 0 spiro atoms. The Morgan fingerprint density at radius 1 is 0.941 bits per heavy atom. The fraction of sp³-hybridized carbons (Fsp3) is 0. The van der Waals surface area contributed by atoms with Crippen LogP contribution >= 0.6 is 0 Å². The molecule has 17 heavy (non-hydrogen) atoms. The monoisotopic (exact) mass is 233 g/mol. The first kappa shape index (κ1) is 12.7. The van der Waals surface area contributed by atoms with Crippen LogP contribution in [0.25, 0.3) is 0 Å². The second-order valence-electron chi connectivity index (χ2n) is 3.34. The molecular weight excluding hydrogens is 221 g/mol. The van der Waals surface area contributed by atoms with E-state index in [4.69, 9.17) is 0 Å². The highest BCUT2D eigenvalue weighted by atomic mass is 19.0. The van der Waals surface area contributed by atoms with Crippen molar-refractivity contribution in [2.24, 2.45) is 0 Å². The van der Waals surface area contributed by atoms with E-state index in [2.05, 4.69) is 5.32 Å². The molecule has 0 heterocycles. The highest BCUT2D eigenvalue weighted by Gasteiger charge is 2.09. The lowest BCUT2D eigenvalue weighted by Crippen LogP contribution is -2.11. The third-order valence-corrected chi connectivity index (χ3v) is 2.18.